The molecule has 0 unspecified atom stereocenters. The Bertz CT molecular complexity index is 829. The molecule has 2 aromatic rings. The minimum atomic E-state index is -0.0172. The lowest BCUT2D eigenvalue weighted by molar-refractivity contribution is 0.0911. The first-order valence-electron chi connectivity index (χ1n) is 10.3. The van der Waals surface area contributed by atoms with Crippen molar-refractivity contribution in [2.75, 3.05) is 11.9 Å². The number of anilines is 1. The molecule has 0 radical (unpaired) electrons. The van der Waals surface area contributed by atoms with Gasteiger partial charge >= 0.3 is 0 Å². The lowest BCUT2D eigenvalue weighted by Gasteiger charge is -2.31. The van der Waals surface area contributed by atoms with E-state index < -0.39 is 0 Å². The Morgan fingerprint density at radius 2 is 1.85 bits per heavy atom. The van der Waals surface area contributed by atoms with Crippen molar-refractivity contribution in [2.24, 2.45) is 5.41 Å². The van der Waals surface area contributed by atoms with Gasteiger partial charge in [0.05, 0.1) is 22.5 Å². The van der Waals surface area contributed by atoms with Gasteiger partial charge in [0.2, 0.25) is 0 Å². The minimum absolute atomic E-state index is 0.0172. The number of benzene rings is 1. The molecule has 1 aromatic heterocycles. The normalized spacial score (nSPS) is 15.8. The van der Waals surface area contributed by atoms with Gasteiger partial charge in [0.25, 0.3) is 0 Å². The summed E-state index contributed by atoms with van der Waals surface area (Å²) in [5.41, 5.74) is 3.72. The molecule has 4 heteroatoms. The van der Waals surface area contributed by atoms with E-state index >= 15 is 0 Å². The molecule has 0 amide bonds. The number of nitrogens with one attached hydrogen (secondary N) is 1. The average molecular weight is 431 g/mol. The highest BCUT2D eigenvalue weighted by Crippen LogP contribution is 2.40. The van der Waals surface area contributed by atoms with Crippen molar-refractivity contribution in [2.45, 2.75) is 72.1 Å². The summed E-state index contributed by atoms with van der Waals surface area (Å²) >= 11 is 3.57. The Hall–Kier alpha value is -1.42. The topological polar surface area (TPSA) is 42.0 Å². The zero-order valence-corrected chi connectivity index (χ0v) is 18.4. The second-order valence-corrected chi connectivity index (χ2v) is 9.52. The highest BCUT2D eigenvalue weighted by Gasteiger charge is 2.34. The van der Waals surface area contributed by atoms with E-state index in [4.69, 9.17) is 4.98 Å². The summed E-state index contributed by atoms with van der Waals surface area (Å²) in [4.78, 5) is 17.8. The highest BCUT2D eigenvalue weighted by atomic mass is 79.9. The molecule has 0 atom stereocenters. The number of hydrogen-bond acceptors (Lipinski definition) is 3. The van der Waals surface area contributed by atoms with Crippen LogP contribution in [0.1, 0.15) is 81.8 Å². The first-order chi connectivity index (χ1) is 12.9. The molecule has 0 saturated heterocycles. The zero-order valence-electron chi connectivity index (χ0n) is 16.8. The van der Waals surface area contributed by atoms with E-state index in [1.54, 1.807) is 0 Å². The van der Waals surface area contributed by atoms with E-state index in [9.17, 15) is 4.79 Å². The van der Waals surface area contributed by atoms with Gasteiger partial charge < -0.3 is 5.32 Å². The van der Waals surface area contributed by atoms with Crippen molar-refractivity contribution >= 4 is 38.3 Å². The number of pyridine rings is 1. The Morgan fingerprint density at radius 3 is 2.63 bits per heavy atom. The van der Waals surface area contributed by atoms with Crippen LogP contribution in [0.2, 0.25) is 0 Å². The molecule has 1 aliphatic rings. The number of ketones is 1. The lowest BCUT2D eigenvalue weighted by atomic mass is 9.75. The molecule has 3 rings (SSSR count). The SMILES string of the molecule is CCCCCCCCNc1c2c(nc3ccc(Br)cc13)CC(C)(C)CC2=O. The predicted octanol–water partition coefficient (Wildman–Crippen LogP) is 6.92. The van der Waals surface area contributed by atoms with Gasteiger partial charge in [-0.2, -0.15) is 0 Å². The summed E-state index contributed by atoms with van der Waals surface area (Å²) < 4.78 is 1.02. The van der Waals surface area contributed by atoms with E-state index in [0.717, 1.165) is 51.7 Å². The van der Waals surface area contributed by atoms with Crippen LogP contribution in [-0.2, 0) is 6.42 Å². The first-order valence-corrected chi connectivity index (χ1v) is 11.1. The second kappa shape index (κ2) is 8.72. The molecule has 0 fully saturated rings. The van der Waals surface area contributed by atoms with Gasteiger partial charge in [0, 0.05) is 22.8 Å². The van der Waals surface area contributed by atoms with Crippen molar-refractivity contribution in [1.82, 2.24) is 4.98 Å². The second-order valence-electron chi connectivity index (χ2n) is 8.61. The summed E-state index contributed by atoms with van der Waals surface area (Å²) in [5.74, 6) is 0.223. The van der Waals surface area contributed by atoms with Crippen LogP contribution in [0.4, 0.5) is 5.69 Å². The van der Waals surface area contributed by atoms with Gasteiger partial charge in [0.15, 0.2) is 5.78 Å². The number of aromatic nitrogens is 1. The number of fused-ring (bicyclic) bond motifs is 2. The fourth-order valence-corrected chi connectivity index (χ4v) is 4.42. The molecular formula is C23H31BrN2O. The summed E-state index contributed by atoms with van der Waals surface area (Å²) in [6, 6.07) is 6.15. The summed E-state index contributed by atoms with van der Waals surface area (Å²) in [6.45, 7) is 7.46. The van der Waals surface area contributed by atoms with Crippen molar-refractivity contribution in [3.05, 3.63) is 33.9 Å². The number of Topliss-reactive ketones (excluding diaryl/α,β-unsaturated/α-hetero) is 1. The van der Waals surface area contributed by atoms with Gasteiger partial charge in [-0.25, -0.2) is 0 Å². The van der Waals surface area contributed by atoms with Crippen LogP contribution in [0.3, 0.4) is 0 Å². The van der Waals surface area contributed by atoms with Gasteiger partial charge in [-0.3, -0.25) is 9.78 Å². The molecule has 146 valence electrons. The maximum Gasteiger partial charge on any atom is 0.167 e. The zero-order chi connectivity index (χ0) is 19.4. The Balaban J connectivity index is 1.86. The molecule has 0 bridgehead atoms. The van der Waals surface area contributed by atoms with E-state index in [2.05, 4.69) is 48.1 Å². The van der Waals surface area contributed by atoms with Gasteiger partial charge in [-0.15, -0.1) is 0 Å². The van der Waals surface area contributed by atoms with Crippen molar-refractivity contribution in [3.8, 4) is 0 Å². The van der Waals surface area contributed by atoms with Crippen LogP contribution in [0.5, 0.6) is 0 Å². The predicted molar refractivity (Wildman–Crippen MR) is 118 cm³/mol. The number of carbonyl (C=O) groups is 1. The lowest BCUT2D eigenvalue weighted by Crippen LogP contribution is -2.29. The minimum Gasteiger partial charge on any atom is -0.384 e. The third kappa shape index (κ3) is 4.90. The third-order valence-electron chi connectivity index (χ3n) is 5.42. The molecule has 1 heterocycles. The number of rotatable bonds is 8. The summed E-state index contributed by atoms with van der Waals surface area (Å²) in [6.07, 6.45) is 9.04. The van der Waals surface area contributed by atoms with E-state index in [-0.39, 0.29) is 11.2 Å². The van der Waals surface area contributed by atoms with E-state index in [1.807, 2.05) is 12.1 Å². The largest absolute Gasteiger partial charge is 0.384 e. The molecular weight excluding hydrogens is 400 g/mol. The third-order valence-corrected chi connectivity index (χ3v) is 5.91. The highest BCUT2D eigenvalue weighted by molar-refractivity contribution is 9.10. The molecule has 1 aromatic carbocycles. The smallest absolute Gasteiger partial charge is 0.167 e. The van der Waals surface area contributed by atoms with Crippen molar-refractivity contribution < 1.29 is 4.79 Å². The number of halogens is 1. The molecule has 1 aliphatic carbocycles. The standard InChI is InChI=1S/C23H31BrN2O/c1-4-5-6-7-8-9-12-25-22-17-13-16(24)10-11-18(17)26-19-14-23(2,3)15-20(27)21(19)22/h10-11,13H,4-9,12,14-15H2,1-3H3,(H,25,26). The maximum absolute atomic E-state index is 13.0. The fourth-order valence-electron chi connectivity index (χ4n) is 4.06. The summed E-state index contributed by atoms with van der Waals surface area (Å²) in [5, 5.41) is 4.65. The number of hydrogen-bond donors (Lipinski definition) is 1. The van der Waals surface area contributed by atoms with E-state index in [0.29, 0.717) is 6.42 Å². The fraction of sp³-hybridized carbons (Fsp3) is 0.565. The van der Waals surface area contributed by atoms with Gasteiger partial charge in [-0.1, -0.05) is 68.8 Å². The molecule has 27 heavy (non-hydrogen) atoms. The first kappa shape index (κ1) is 20.3. The molecule has 0 saturated carbocycles. The van der Waals surface area contributed by atoms with Crippen LogP contribution in [0.25, 0.3) is 10.9 Å². The Kier molecular flexibility index (Phi) is 6.56. The van der Waals surface area contributed by atoms with Crippen LogP contribution in [0, 0.1) is 5.41 Å². The Morgan fingerprint density at radius 1 is 1.11 bits per heavy atom. The number of nitrogens with zero attached hydrogens (tertiary/aromatic N) is 1. The molecule has 0 spiro atoms. The number of unbranched alkanes of at least 4 members (excludes halogenated alkanes) is 5. The average Bonchev–Trinajstić information content (AvgIpc) is 2.59. The quantitative estimate of drug-likeness (QED) is 0.461. The van der Waals surface area contributed by atoms with Crippen LogP contribution in [0.15, 0.2) is 22.7 Å². The van der Waals surface area contributed by atoms with Gasteiger partial charge in [0.1, 0.15) is 0 Å². The van der Waals surface area contributed by atoms with Crippen LogP contribution in [-0.4, -0.2) is 17.3 Å². The van der Waals surface area contributed by atoms with Crippen LogP contribution < -0.4 is 5.32 Å². The summed E-state index contributed by atoms with van der Waals surface area (Å²) in [7, 11) is 0. The van der Waals surface area contributed by atoms with E-state index in [1.165, 1.54) is 32.1 Å². The molecule has 3 nitrogen and oxygen atoms in total. The molecule has 1 N–H and O–H groups in total. The van der Waals surface area contributed by atoms with Crippen molar-refractivity contribution in [3.63, 3.8) is 0 Å². The monoisotopic (exact) mass is 430 g/mol. The van der Waals surface area contributed by atoms with Crippen molar-refractivity contribution in [1.29, 1.82) is 0 Å². The van der Waals surface area contributed by atoms with Crippen LogP contribution >= 0.6 is 15.9 Å². The maximum atomic E-state index is 13.0. The number of carbonyl (C=O) groups excluding carboxylic acids is 1. The van der Waals surface area contributed by atoms with Gasteiger partial charge in [-0.05, 0) is 36.5 Å². The Labute approximate surface area is 171 Å². The molecule has 0 aliphatic heterocycles.